The Bertz CT molecular complexity index is 787. The molecule has 1 N–H and O–H groups in total. The minimum Gasteiger partial charge on any atom is -0.454 e. The first-order chi connectivity index (χ1) is 11.4. The van der Waals surface area contributed by atoms with E-state index in [0.29, 0.717) is 17.9 Å². The maximum atomic E-state index is 12.7. The molecule has 1 aromatic carbocycles. The zero-order valence-electron chi connectivity index (χ0n) is 13.4. The van der Waals surface area contributed by atoms with E-state index in [0.717, 1.165) is 5.56 Å². The van der Waals surface area contributed by atoms with Crippen molar-refractivity contribution in [2.75, 3.05) is 6.79 Å². The van der Waals surface area contributed by atoms with E-state index in [1.807, 2.05) is 12.1 Å². The molecule has 3 heterocycles. The van der Waals surface area contributed by atoms with Crippen molar-refractivity contribution >= 4 is 11.8 Å². The van der Waals surface area contributed by atoms with Crippen molar-refractivity contribution in [2.24, 2.45) is 0 Å². The van der Waals surface area contributed by atoms with Crippen molar-refractivity contribution in [1.29, 1.82) is 0 Å². The summed E-state index contributed by atoms with van der Waals surface area (Å²) < 4.78 is 10.8. The second-order valence-corrected chi connectivity index (χ2v) is 6.68. The fourth-order valence-electron chi connectivity index (χ4n) is 3.89. The minimum atomic E-state index is -0.866. The van der Waals surface area contributed by atoms with Gasteiger partial charge >= 0.3 is 0 Å². The molecule has 2 fully saturated rings. The smallest absolute Gasteiger partial charge is 0.256 e. The van der Waals surface area contributed by atoms with E-state index in [-0.39, 0.29) is 18.6 Å². The first-order valence-corrected chi connectivity index (χ1v) is 7.85. The van der Waals surface area contributed by atoms with Crippen molar-refractivity contribution in [1.82, 2.24) is 10.2 Å². The van der Waals surface area contributed by atoms with Crippen LogP contribution in [0.25, 0.3) is 4.85 Å². The number of rotatable bonds is 1. The number of hydrogen-bond acceptors (Lipinski definition) is 4. The van der Waals surface area contributed by atoms with Gasteiger partial charge in [0.05, 0.1) is 6.42 Å². The Labute approximate surface area is 139 Å². The molecule has 7 heteroatoms. The molecule has 4 rings (SSSR count). The lowest BCUT2D eigenvalue weighted by Gasteiger charge is -2.36. The first-order valence-electron chi connectivity index (χ1n) is 7.85. The summed E-state index contributed by atoms with van der Waals surface area (Å²) in [5, 5.41) is 2.70. The number of nitrogens with zero attached hydrogens (tertiary/aromatic N) is 2. The number of fused-ring (bicyclic) bond motifs is 2. The highest BCUT2D eigenvalue weighted by atomic mass is 16.7. The molecule has 124 valence electrons. The maximum absolute atomic E-state index is 12.7. The summed E-state index contributed by atoms with van der Waals surface area (Å²) in [6.07, 6.45) is 0.319. The molecular formula is C17H17N3O4. The highest BCUT2D eigenvalue weighted by Crippen LogP contribution is 2.49. The summed E-state index contributed by atoms with van der Waals surface area (Å²) in [6, 6.07) is 3.75. The SMILES string of the molecule is [C-]#[N+][C@]1(C)C[C@@H]2C(=O)N[C@@H](C)C(=O)N2[C@@H]1c1ccc2c(c1)OCO2. The summed E-state index contributed by atoms with van der Waals surface area (Å²) in [5.41, 5.74) is -0.0782. The third-order valence-corrected chi connectivity index (χ3v) is 5.06. The summed E-state index contributed by atoms with van der Waals surface area (Å²) in [4.78, 5) is 30.4. The fourth-order valence-corrected chi connectivity index (χ4v) is 3.89. The number of carbonyl (C=O) groups excluding carboxylic acids is 2. The van der Waals surface area contributed by atoms with E-state index in [4.69, 9.17) is 16.0 Å². The van der Waals surface area contributed by atoms with Gasteiger partial charge in [0.15, 0.2) is 11.5 Å². The second-order valence-electron chi connectivity index (χ2n) is 6.68. The van der Waals surface area contributed by atoms with Crippen molar-refractivity contribution in [2.45, 2.75) is 43.9 Å². The third-order valence-electron chi connectivity index (χ3n) is 5.06. The molecule has 0 saturated carbocycles. The Morgan fingerprint density at radius 2 is 2.08 bits per heavy atom. The monoisotopic (exact) mass is 327 g/mol. The lowest BCUT2D eigenvalue weighted by atomic mass is 9.87. The average Bonchev–Trinajstić information content (AvgIpc) is 3.14. The molecule has 0 aliphatic carbocycles. The number of hydrogen-bond donors (Lipinski definition) is 1. The lowest BCUT2D eigenvalue weighted by Crippen LogP contribution is -2.60. The summed E-state index contributed by atoms with van der Waals surface area (Å²) in [5.74, 6) is 0.897. The molecule has 0 aromatic heterocycles. The van der Waals surface area contributed by atoms with Crippen LogP contribution in [0, 0.1) is 6.57 Å². The predicted octanol–water partition coefficient (Wildman–Crippen LogP) is 1.25. The van der Waals surface area contributed by atoms with Gasteiger partial charge in [0, 0.05) is 6.92 Å². The van der Waals surface area contributed by atoms with Gasteiger partial charge in [-0.05, 0) is 24.6 Å². The van der Waals surface area contributed by atoms with E-state index in [2.05, 4.69) is 10.2 Å². The first kappa shape index (κ1) is 14.8. The van der Waals surface area contributed by atoms with Gasteiger partial charge in [-0.25, -0.2) is 6.57 Å². The van der Waals surface area contributed by atoms with Crippen LogP contribution in [-0.2, 0) is 9.59 Å². The maximum Gasteiger partial charge on any atom is 0.256 e. The van der Waals surface area contributed by atoms with Gasteiger partial charge in [-0.1, -0.05) is 6.07 Å². The van der Waals surface area contributed by atoms with Gasteiger partial charge in [0.25, 0.3) is 5.54 Å². The second kappa shape index (κ2) is 4.87. The Balaban J connectivity index is 1.83. The van der Waals surface area contributed by atoms with Crippen LogP contribution in [-0.4, -0.2) is 41.1 Å². The molecule has 0 bridgehead atoms. The molecule has 0 unspecified atom stereocenters. The molecular weight excluding hydrogens is 310 g/mol. The molecule has 0 radical (unpaired) electrons. The highest BCUT2D eigenvalue weighted by Gasteiger charge is 2.61. The molecule has 2 amide bonds. The summed E-state index contributed by atoms with van der Waals surface area (Å²) >= 11 is 0. The summed E-state index contributed by atoms with van der Waals surface area (Å²) in [7, 11) is 0. The van der Waals surface area contributed by atoms with Crippen molar-refractivity contribution in [3.63, 3.8) is 0 Å². The van der Waals surface area contributed by atoms with E-state index in [9.17, 15) is 9.59 Å². The van der Waals surface area contributed by atoms with Gasteiger partial charge in [-0.2, -0.15) is 0 Å². The number of piperazine rings is 1. The van der Waals surface area contributed by atoms with Gasteiger partial charge in [0.1, 0.15) is 18.1 Å². The molecule has 1 aromatic rings. The predicted molar refractivity (Wildman–Crippen MR) is 83.2 cm³/mol. The number of ether oxygens (including phenoxy) is 2. The van der Waals surface area contributed by atoms with Crippen molar-refractivity contribution in [3.05, 3.63) is 35.2 Å². The molecule has 0 spiro atoms. The lowest BCUT2D eigenvalue weighted by molar-refractivity contribution is -0.148. The van der Waals surface area contributed by atoms with E-state index in [1.54, 1.807) is 24.8 Å². The quantitative estimate of drug-likeness (QED) is 0.788. The van der Waals surface area contributed by atoms with E-state index < -0.39 is 23.7 Å². The Morgan fingerprint density at radius 1 is 1.33 bits per heavy atom. The number of nitrogens with one attached hydrogen (secondary N) is 1. The van der Waals surface area contributed by atoms with Crippen LogP contribution in [0.5, 0.6) is 11.5 Å². The van der Waals surface area contributed by atoms with Gasteiger partial charge in [0.2, 0.25) is 18.6 Å². The third kappa shape index (κ3) is 1.89. The van der Waals surface area contributed by atoms with Gasteiger partial charge < -0.3 is 24.5 Å². The number of amides is 2. The molecule has 3 aliphatic rings. The average molecular weight is 327 g/mol. The fraction of sp³-hybridized carbons (Fsp3) is 0.471. The molecule has 2 saturated heterocycles. The number of carbonyl (C=O) groups is 2. The van der Waals surface area contributed by atoms with Crippen LogP contribution in [0.3, 0.4) is 0 Å². The van der Waals surface area contributed by atoms with Crippen LogP contribution in [0.1, 0.15) is 31.9 Å². The Morgan fingerprint density at radius 3 is 2.83 bits per heavy atom. The zero-order chi connectivity index (χ0) is 17.1. The Kier molecular flexibility index (Phi) is 3.01. The van der Waals surface area contributed by atoms with Crippen LogP contribution >= 0.6 is 0 Å². The molecule has 7 nitrogen and oxygen atoms in total. The zero-order valence-corrected chi connectivity index (χ0v) is 13.4. The van der Waals surface area contributed by atoms with Gasteiger partial charge in [-0.3, -0.25) is 9.59 Å². The standard InChI is InChI=1S/C17H17N3O4/c1-9-16(22)20-11(15(21)19-9)7-17(2,18-3)14(20)10-4-5-12-13(6-10)24-8-23-12/h4-6,9,11,14H,7-8H2,1-2H3,(H,19,21)/t9-,11+,14+,17+/m0/s1. The van der Waals surface area contributed by atoms with Crippen LogP contribution in [0.2, 0.25) is 0 Å². The van der Waals surface area contributed by atoms with E-state index in [1.165, 1.54) is 0 Å². The van der Waals surface area contributed by atoms with Crippen molar-refractivity contribution < 1.29 is 19.1 Å². The molecule has 3 aliphatic heterocycles. The van der Waals surface area contributed by atoms with E-state index >= 15 is 0 Å². The highest BCUT2D eigenvalue weighted by molar-refractivity contribution is 5.98. The Hall–Kier alpha value is -2.75. The normalized spacial score (nSPS) is 33.9. The summed E-state index contributed by atoms with van der Waals surface area (Å²) in [6.45, 7) is 11.3. The van der Waals surface area contributed by atoms with Gasteiger partial charge in [-0.15, -0.1) is 0 Å². The van der Waals surface area contributed by atoms with Crippen molar-refractivity contribution in [3.8, 4) is 11.5 Å². The largest absolute Gasteiger partial charge is 0.454 e. The molecule has 24 heavy (non-hydrogen) atoms. The van der Waals surface area contributed by atoms with Crippen LogP contribution < -0.4 is 14.8 Å². The van der Waals surface area contributed by atoms with Crippen LogP contribution in [0.4, 0.5) is 0 Å². The number of benzene rings is 1. The minimum absolute atomic E-state index is 0.158. The molecule has 4 atom stereocenters. The van der Waals surface area contributed by atoms with Crippen LogP contribution in [0.15, 0.2) is 18.2 Å². The topological polar surface area (TPSA) is 72.2 Å².